The standard InChI is InChI=1S/C17H15N5S/c18-10-12-6-8-14(9-7-12)16-19-20-17-22(16)21-15(11-23-17)13-4-2-1-3-5-13/h1-9H,10-11,18H2. The number of fused-ring (bicyclic) bond motifs is 1. The minimum atomic E-state index is 0.532. The zero-order valence-corrected chi connectivity index (χ0v) is 13.2. The Labute approximate surface area is 138 Å². The van der Waals surface area contributed by atoms with Gasteiger partial charge in [0.15, 0.2) is 5.82 Å². The first-order valence-electron chi connectivity index (χ1n) is 7.36. The first-order valence-corrected chi connectivity index (χ1v) is 8.34. The third-order valence-corrected chi connectivity index (χ3v) is 4.66. The molecule has 0 radical (unpaired) electrons. The lowest BCUT2D eigenvalue weighted by atomic mass is 10.1. The Balaban J connectivity index is 1.76. The second-order valence-electron chi connectivity index (χ2n) is 5.22. The van der Waals surface area contributed by atoms with Crippen molar-refractivity contribution in [3.8, 4) is 11.4 Å². The smallest absolute Gasteiger partial charge is 0.212 e. The molecule has 5 nitrogen and oxygen atoms in total. The van der Waals surface area contributed by atoms with Gasteiger partial charge in [-0.1, -0.05) is 66.4 Å². The summed E-state index contributed by atoms with van der Waals surface area (Å²) < 4.78 is 1.83. The highest BCUT2D eigenvalue weighted by molar-refractivity contribution is 7.99. The molecule has 1 aliphatic heterocycles. The van der Waals surface area contributed by atoms with Gasteiger partial charge < -0.3 is 5.73 Å². The fourth-order valence-electron chi connectivity index (χ4n) is 2.47. The van der Waals surface area contributed by atoms with Gasteiger partial charge in [0.2, 0.25) is 5.16 Å². The molecule has 0 aliphatic carbocycles. The van der Waals surface area contributed by atoms with Gasteiger partial charge in [-0.25, -0.2) is 0 Å². The second-order valence-corrected chi connectivity index (χ2v) is 6.16. The lowest BCUT2D eigenvalue weighted by Crippen LogP contribution is -2.13. The first-order chi connectivity index (χ1) is 11.3. The lowest BCUT2D eigenvalue weighted by Gasteiger charge is -2.14. The molecule has 1 aromatic heterocycles. The molecule has 23 heavy (non-hydrogen) atoms. The molecule has 0 bridgehead atoms. The Kier molecular flexibility index (Phi) is 3.69. The average Bonchev–Trinajstić information content (AvgIpc) is 3.05. The van der Waals surface area contributed by atoms with Crippen LogP contribution in [0, 0.1) is 0 Å². The highest BCUT2D eigenvalue weighted by atomic mass is 32.2. The summed E-state index contributed by atoms with van der Waals surface area (Å²) in [5.41, 5.74) is 9.89. The van der Waals surface area contributed by atoms with Gasteiger partial charge in [0.05, 0.1) is 5.71 Å². The monoisotopic (exact) mass is 321 g/mol. The van der Waals surface area contributed by atoms with Crippen LogP contribution in [0.3, 0.4) is 0 Å². The van der Waals surface area contributed by atoms with E-state index < -0.39 is 0 Å². The fraction of sp³-hybridized carbons (Fsp3) is 0.118. The third kappa shape index (κ3) is 2.67. The molecule has 0 atom stereocenters. The minimum absolute atomic E-state index is 0.532. The van der Waals surface area contributed by atoms with E-state index in [-0.39, 0.29) is 0 Å². The molecule has 2 aromatic carbocycles. The van der Waals surface area contributed by atoms with Gasteiger partial charge >= 0.3 is 0 Å². The Morgan fingerprint density at radius 3 is 2.48 bits per heavy atom. The Morgan fingerprint density at radius 2 is 1.74 bits per heavy atom. The third-order valence-electron chi connectivity index (χ3n) is 3.73. The van der Waals surface area contributed by atoms with Crippen molar-refractivity contribution in [2.75, 3.05) is 5.75 Å². The number of rotatable bonds is 3. The summed E-state index contributed by atoms with van der Waals surface area (Å²) >= 11 is 1.65. The van der Waals surface area contributed by atoms with Crippen LogP contribution in [0.1, 0.15) is 11.1 Å². The van der Waals surface area contributed by atoms with E-state index in [2.05, 4.69) is 22.3 Å². The SMILES string of the molecule is NCc1ccc(-c2nnc3n2N=C(c2ccccc2)CS3)cc1. The molecule has 2 heterocycles. The van der Waals surface area contributed by atoms with E-state index in [1.807, 2.05) is 47.1 Å². The molecular formula is C17H15N5S. The van der Waals surface area contributed by atoms with E-state index in [1.54, 1.807) is 11.8 Å². The van der Waals surface area contributed by atoms with Crippen LogP contribution in [0.15, 0.2) is 64.9 Å². The van der Waals surface area contributed by atoms with Gasteiger partial charge in [-0.05, 0) is 11.1 Å². The van der Waals surface area contributed by atoms with Crippen molar-refractivity contribution in [3.05, 3.63) is 65.7 Å². The van der Waals surface area contributed by atoms with Crippen LogP contribution in [-0.2, 0) is 6.54 Å². The summed E-state index contributed by atoms with van der Waals surface area (Å²) in [6.45, 7) is 0.532. The highest BCUT2D eigenvalue weighted by Gasteiger charge is 2.20. The Hall–Kier alpha value is -2.44. The molecule has 0 amide bonds. The molecular weight excluding hydrogens is 306 g/mol. The number of thioether (sulfide) groups is 1. The van der Waals surface area contributed by atoms with Gasteiger partial charge in [-0.15, -0.1) is 10.2 Å². The number of nitrogens with zero attached hydrogens (tertiary/aromatic N) is 4. The van der Waals surface area contributed by atoms with Gasteiger partial charge in [0, 0.05) is 17.9 Å². The van der Waals surface area contributed by atoms with Crippen LogP contribution in [0.2, 0.25) is 0 Å². The van der Waals surface area contributed by atoms with E-state index in [0.717, 1.165) is 39.1 Å². The second kappa shape index (κ2) is 5.98. The van der Waals surface area contributed by atoms with E-state index >= 15 is 0 Å². The molecule has 0 unspecified atom stereocenters. The van der Waals surface area contributed by atoms with Crippen molar-refractivity contribution in [1.29, 1.82) is 0 Å². The zero-order valence-electron chi connectivity index (χ0n) is 12.4. The topological polar surface area (TPSA) is 69.1 Å². The van der Waals surface area contributed by atoms with Crippen molar-refractivity contribution in [2.45, 2.75) is 11.7 Å². The van der Waals surface area contributed by atoms with Crippen LogP contribution >= 0.6 is 11.8 Å². The first kappa shape index (κ1) is 14.2. The van der Waals surface area contributed by atoms with E-state index in [4.69, 9.17) is 10.8 Å². The predicted octanol–water partition coefficient (Wildman–Crippen LogP) is 2.76. The number of hydrogen-bond acceptors (Lipinski definition) is 5. The van der Waals surface area contributed by atoms with Gasteiger partial charge in [-0.3, -0.25) is 0 Å². The Morgan fingerprint density at radius 1 is 0.957 bits per heavy atom. The van der Waals surface area contributed by atoms with Gasteiger partial charge in [0.25, 0.3) is 0 Å². The average molecular weight is 321 g/mol. The van der Waals surface area contributed by atoms with Gasteiger partial charge in [-0.2, -0.15) is 9.78 Å². The number of nitrogens with two attached hydrogens (primary N) is 1. The molecule has 1 aliphatic rings. The minimum Gasteiger partial charge on any atom is -0.326 e. The van der Waals surface area contributed by atoms with Crippen molar-refractivity contribution in [2.24, 2.45) is 10.8 Å². The largest absolute Gasteiger partial charge is 0.326 e. The molecule has 4 rings (SSSR count). The van der Waals surface area contributed by atoms with E-state index in [1.165, 1.54) is 0 Å². The van der Waals surface area contributed by atoms with E-state index in [0.29, 0.717) is 6.54 Å². The molecule has 0 saturated heterocycles. The van der Waals surface area contributed by atoms with Crippen LogP contribution in [0.25, 0.3) is 11.4 Å². The van der Waals surface area contributed by atoms with Crippen LogP contribution < -0.4 is 5.73 Å². The Bertz CT molecular complexity index is 852. The highest BCUT2D eigenvalue weighted by Crippen LogP contribution is 2.28. The van der Waals surface area contributed by atoms with Gasteiger partial charge in [0.1, 0.15) is 0 Å². The number of aromatic nitrogens is 3. The normalized spacial score (nSPS) is 13.5. The van der Waals surface area contributed by atoms with Crippen molar-refractivity contribution >= 4 is 17.5 Å². The molecule has 0 fully saturated rings. The van der Waals surface area contributed by atoms with Crippen molar-refractivity contribution in [3.63, 3.8) is 0 Å². The van der Waals surface area contributed by atoms with Crippen LogP contribution in [-0.4, -0.2) is 26.3 Å². The molecule has 6 heteroatoms. The maximum Gasteiger partial charge on any atom is 0.212 e. The summed E-state index contributed by atoms with van der Waals surface area (Å²) in [7, 11) is 0. The molecule has 3 aromatic rings. The predicted molar refractivity (Wildman–Crippen MR) is 92.5 cm³/mol. The molecule has 2 N–H and O–H groups in total. The summed E-state index contributed by atoms with van der Waals surface area (Å²) in [4.78, 5) is 0. The van der Waals surface area contributed by atoms with Crippen molar-refractivity contribution in [1.82, 2.24) is 14.9 Å². The number of benzene rings is 2. The lowest BCUT2D eigenvalue weighted by molar-refractivity contribution is 0.762. The number of hydrogen-bond donors (Lipinski definition) is 1. The summed E-state index contributed by atoms with van der Waals surface area (Å²) in [5, 5.41) is 14.1. The zero-order chi connectivity index (χ0) is 15.6. The van der Waals surface area contributed by atoms with Crippen molar-refractivity contribution < 1.29 is 0 Å². The molecule has 0 saturated carbocycles. The maximum atomic E-state index is 5.65. The fourth-order valence-corrected chi connectivity index (χ4v) is 3.31. The molecule has 114 valence electrons. The van der Waals surface area contributed by atoms with E-state index in [9.17, 15) is 0 Å². The quantitative estimate of drug-likeness (QED) is 0.805. The van der Waals surface area contributed by atoms with Crippen LogP contribution in [0.5, 0.6) is 0 Å². The summed E-state index contributed by atoms with van der Waals surface area (Å²) in [6, 6.07) is 18.2. The van der Waals surface area contributed by atoms with Crippen LogP contribution in [0.4, 0.5) is 0 Å². The molecule has 0 spiro atoms. The summed E-state index contributed by atoms with van der Waals surface area (Å²) in [5.74, 6) is 1.55. The summed E-state index contributed by atoms with van der Waals surface area (Å²) in [6.07, 6.45) is 0. The maximum absolute atomic E-state index is 5.65.